The van der Waals surface area contributed by atoms with Crippen LogP contribution >= 0.6 is 0 Å². The lowest BCUT2D eigenvalue weighted by atomic mass is 10.1. The maximum atomic E-state index is 12.9. The highest BCUT2D eigenvalue weighted by molar-refractivity contribution is 5.78. The Morgan fingerprint density at radius 2 is 2.11 bits per heavy atom. The molecule has 0 spiro atoms. The van der Waals surface area contributed by atoms with Crippen LogP contribution in [0.4, 0.5) is 4.39 Å². The van der Waals surface area contributed by atoms with Crippen LogP contribution in [0.2, 0.25) is 0 Å². The Labute approximate surface area is 113 Å². The summed E-state index contributed by atoms with van der Waals surface area (Å²) in [4.78, 5) is 11.6. The molecule has 1 aromatic carbocycles. The first kappa shape index (κ1) is 14.0. The number of carbonyl (C=O) groups is 1. The van der Waals surface area contributed by atoms with Crippen LogP contribution in [0.5, 0.6) is 0 Å². The number of halogens is 1. The maximum Gasteiger partial charge on any atom is 0.233 e. The molecule has 0 saturated heterocycles. The molecule has 104 valence electrons. The summed E-state index contributed by atoms with van der Waals surface area (Å²) >= 11 is 0. The van der Waals surface area contributed by atoms with Crippen LogP contribution in [-0.2, 0) is 11.2 Å². The maximum absolute atomic E-state index is 12.9. The van der Waals surface area contributed by atoms with Crippen LogP contribution in [0, 0.1) is 5.82 Å². The van der Waals surface area contributed by atoms with Crippen molar-refractivity contribution in [1.29, 1.82) is 0 Å². The van der Waals surface area contributed by atoms with Gasteiger partial charge in [0.15, 0.2) is 0 Å². The minimum absolute atomic E-state index is 0.0169. The Balaban J connectivity index is 1.60. The van der Waals surface area contributed by atoms with E-state index >= 15 is 0 Å². The predicted molar refractivity (Wildman–Crippen MR) is 73.4 cm³/mol. The van der Waals surface area contributed by atoms with Gasteiger partial charge < -0.3 is 10.6 Å². The van der Waals surface area contributed by atoms with Crippen LogP contribution in [0.15, 0.2) is 24.3 Å². The molecule has 2 rings (SSSR count). The molecule has 0 atom stereocenters. The predicted octanol–water partition coefficient (Wildman–Crippen LogP) is 2.02. The molecule has 0 aromatic heterocycles. The summed E-state index contributed by atoms with van der Waals surface area (Å²) in [5.74, 6) is -0.213. The SMILES string of the molecule is O=C(CNC1CCCC1)NCCc1cccc(F)c1. The number of nitrogens with one attached hydrogen (secondary N) is 2. The van der Waals surface area contributed by atoms with E-state index in [0.717, 1.165) is 5.56 Å². The zero-order valence-corrected chi connectivity index (χ0v) is 11.1. The van der Waals surface area contributed by atoms with Gasteiger partial charge in [-0.15, -0.1) is 0 Å². The number of hydrogen-bond acceptors (Lipinski definition) is 2. The molecular formula is C15H21FN2O. The van der Waals surface area contributed by atoms with E-state index in [1.807, 2.05) is 6.07 Å². The zero-order chi connectivity index (χ0) is 13.5. The quantitative estimate of drug-likeness (QED) is 0.825. The molecule has 0 radical (unpaired) electrons. The normalized spacial score (nSPS) is 15.6. The molecule has 3 nitrogen and oxygen atoms in total. The Morgan fingerprint density at radius 1 is 1.32 bits per heavy atom. The van der Waals surface area contributed by atoms with Crippen molar-refractivity contribution in [2.24, 2.45) is 0 Å². The zero-order valence-electron chi connectivity index (χ0n) is 11.1. The lowest BCUT2D eigenvalue weighted by molar-refractivity contribution is -0.120. The standard InChI is InChI=1S/C15H21FN2O/c16-13-5-3-4-12(10-13)8-9-17-15(19)11-18-14-6-1-2-7-14/h3-5,10,14,18H,1-2,6-9,11H2,(H,17,19). The fraction of sp³-hybridized carbons (Fsp3) is 0.533. The highest BCUT2D eigenvalue weighted by Gasteiger charge is 2.14. The van der Waals surface area contributed by atoms with E-state index in [2.05, 4.69) is 10.6 Å². The van der Waals surface area contributed by atoms with Gasteiger partial charge in [0.25, 0.3) is 0 Å². The third kappa shape index (κ3) is 4.99. The molecule has 1 saturated carbocycles. The number of amides is 1. The average molecular weight is 264 g/mol. The molecule has 1 fully saturated rings. The van der Waals surface area contributed by atoms with E-state index in [-0.39, 0.29) is 11.7 Å². The van der Waals surface area contributed by atoms with E-state index in [9.17, 15) is 9.18 Å². The molecule has 19 heavy (non-hydrogen) atoms. The van der Waals surface area contributed by atoms with E-state index < -0.39 is 0 Å². The van der Waals surface area contributed by atoms with Gasteiger partial charge in [0.1, 0.15) is 5.82 Å². The van der Waals surface area contributed by atoms with Crippen molar-refractivity contribution < 1.29 is 9.18 Å². The molecule has 0 bridgehead atoms. The van der Waals surface area contributed by atoms with Crippen LogP contribution in [0.3, 0.4) is 0 Å². The lowest BCUT2D eigenvalue weighted by Crippen LogP contribution is -2.38. The fourth-order valence-corrected chi connectivity index (χ4v) is 2.47. The number of carbonyl (C=O) groups excluding carboxylic acids is 1. The van der Waals surface area contributed by atoms with Gasteiger partial charge in [-0.25, -0.2) is 4.39 Å². The van der Waals surface area contributed by atoms with Gasteiger partial charge in [0.05, 0.1) is 6.54 Å². The van der Waals surface area contributed by atoms with Crippen LogP contribution in [-0.4, -0.2) is 25.0 Å². The Bertz CT molecular complexity index is 416. The van der Waals surface area contributed by atoms with Crippen molar-refractivity contribution in [3.8, 4) is 0 Å². The van der Waals surface area contributed by atoms with Gasteiger partial charge in [-0.3, -0.25) is 4.79 Å². The van der Waals surface area contributed by atoms with Crippen molar-refractivity contribution in [3.05, 3.63) is 35.6 Å². The summed E-state index contributed by atoms with van der Waals surface area (Å²) in [5, 5.41) is 6.12. The molecule has 0 aliphatic heterocycles. The van der Waals surface area contributed by atoms with Gasteiger partial charge >= 0.3 is 0 Å². The third-order valence-electron chi connectivity index (χ3n) is 3.53. The molecule has 0 unspecified atom stereocenters. The van der Waals surface area contributed by atoms with Gasteiger partial charge in [0.2, 0.25) is 5.91 Å². The van der Waals surface area contributed by atoms with E-state index in [4.69, 9.17) is 0 Å². The van der Waals surface area contributed by atoms with Crippen LogP contribution in [0.25, 0.3) is 0 Å². The molecular weight excluding hydrogens is 243 g/mol. The monoisotopic (exact) mass is 264 g/mol. The van der Waals surface area contributed by atoms with Crippen molar-refractivity contribution >= 4 is 5.91 Å². The Kier molecular flexibility index (Phi) is 5.33. The molecule has 4 heteroatoms. The largest absolute Gasteiger partial charge is 0.355 e. The summed E-state index contributed by atoms with van der Waals surface area (Å²) in [7, 11) is 0. The van der Waals surface area contributed by atoms with Crippen molar-refractivity contribution in [1.82, 2.24) is 10.6 Å². The van der Waals surface area contributed by atoms with Crippen LogP contribution in [0.1, 0.15) is 31.2 Å². The highest BCUT2D eigenvalue weighted by atomic mass is 19.1. The van der Waals surface area contributed by atoms with Gasteiger partial charge in [-0.05, 0) is 37.0 Å². The van der Waals surface area contributed by atoms with Gasteiger partial charge in [0, 0.05) is 12.6 Å². The molecule has 1 aromatic rings. The highest BCUT2D eigenvalue weighted by Crippen LogP contribution is 2.17. The first-order chi connectivity index (χ1) is 9.24. The molecule has 1 aliphatic rings. The second kappa shape index (κ2) is 7.24. The van der Waals surface area contributed by atoms with E-state index in [1.54, 1.807) is 6.07 Å². The second-order valence-electron chi connectivity index (χ2n) is 5.09. The van der Waals surface area contributed by atoms with Gasteiger partial charge in [-0.2, -0.15) is 0 Å². The first-order valence-electron chi connectivity index (χ1n) is 6.98. The first-order valence-corrected chi connectivity index (χ1v) is 6.98. The minimum Gasteiger partial charge on any atom is -0.355 e. The summed E-state index contributed by atoms with van der Waals surface area (Å²) in [6.07, 6.45) is 5.54. The van der Waals surface area contributed by atoms with Crippen molar-refractivity contribution in [2.75, 3.05) is 13.1 Å². The lowest BCUT2D eigenvalue weighted by Gasteiger charge is -2.11. The summed E-state index contributed by atoms with van der Waals surface area (Å²) in [6, 6.07) is 6.99. The van der Waals surface area contributed by atoms with Crippen LogP contribution < -0.4 is 10.6 Å². The summed E-state index contributed by atoms with van der Waals surface area (Å²) in [5.41, 5.74) is 0.907. The van der Waals surface area contributed by atoms with Gasteiger partial charge in [-0.1, -0.05) is 25.0 Å². The second-order valence-corrected chi connectivity index (χ2v) is 5.09. The number of rotatable bonds is 6. The molecule has 2 N–H and O–H groups in total. The topological polar surface area (TPSA) is 41.1 Å². The molecule has 1 amide bonds. The summed E-state index contributed by atoms with van der Waals surface area (Å²) in [6.45, 7) is 0.933. The molecule has 0 heterocycles. The fourth-order valence-electron chi connectivity index (χ4n) is 2.47. The average Bonchev–Trinajstić information content (AvgIpc) is 2.89. The third-order valence-corrected chi connectivity index (χ3v) is 3.53. The van der Waals surface area contributed by atoms with Crippen molar-refractivity contribution in [3.63, 3.8) is 0 Å². The minimum atomic E-state index is -0.230. The van der Waals surface area contributed by atoms with Crippen molar-refractivity contribution in [2.45, 2.75) is 38.1 Å². The Hall–Kier alpha value is -1.42. The number of benzene rings is 1. The smallest absolute Gasteiger partial charge is 0.233 e. The number of hydrogen-bond donors (Lipinski definition) is 2. The van der Waals surface area contributed by atoms with E-state index in [0.29, 0.717) is 25.6 Å². The summed E-state index contributed by atoms with van der Waals surface area (Å²) < 4.78 is 12.9. The molecule has 1 aliphatic carbocycles. The Morgan fingerprint density at radius 3 is 2.84 bits per heavy atom. The van der Waals surface area contributed by atoms with E-state index in [1.165, 1.54) is 37.8 Å².